The van der Waals surface area contributed by atoms with E-state index in [0.717, 1.165) is 0 Å². The third-order valence-corrected chi connectivity index (χ3v) is 2.99. The molecule has 0 saturated heterocycles. The topological polar surface area (TPSA) is 71.9 Å². The van der Waals surface area contributed by atoms with Gasteiger partial charge in [-0.1, -0.05) is 0 Å². The Labute approximate surface area is 116 Å². The van der Waals surface area contributed by atoms with Crippen LogP contribution in [0.2, 0.25) is 0 Å². The van der Waals surface area contributed by atoms with Crippen LogP contribution in [0.4, 0.5) is 5.82 Å². The lowest BCUT2D eigenvalue weighted by molar-refractivity contribution is 0.0699. The number of pyridine rings is 1. The van der Waals surface area contributed by atoms with Crippen molar-refractivity contribution in [2.24, 2.45) is 0 Å². The molecule has 0 aliphatic heterocycles. The average molecular weight is 276 g/mol. The summed E-state index contributed by atoms with van der Waals surface area (Å²) in [7, 11) is 6.64. The summed E-state index contributed by atoms with van der Waals surface area (Å²) in [6.07, 6.45) is 0. The van der Waals surface area contributed by atoms with Gasteiger partial charge in [0.05, 0.1) is 25.3 Å². The quantitative estimate of drug-likeness (QED) is 0.921. The molecule has 0 atom stereocenters. The van der Waals surface area contributed by atoms with Gasteiger partial charge < -0.3 is 19.5 Å². The highest BCUT2D eigenvalue weighted by molar-refractivity contribution is 6.04. The van der Waals surface area contributed by atoms with Crippen LogP contribution >= 0.6 is 0 Å². The Morgan fingerprint density at radius 3 is 2.25 bits per heavy atom. The van der Waals surface area contributed by atoms with Crippen LogP contribution in [0.5, 0.6) is 11.5 Å². The van der Waals surface area contributed by atoms with Crippen LogP contribution < -0.4 is 14.4 Å². The maximum atomic E-state index is 11.4. The van der Waals surface area contributed by atoms with Gasteiger partial charge in [0.15, 0.2) is 11.5 Å². The van der Waals surface area contributed by atoms with Crippen molar-refractivity contribution in [3.63, 3.8) is 0 Å². The van der Waals surface area contributed by atoms with Crippen LogP contribution in [0.3, 0.4) is 0 Å². The van der Waals surface area contributed by atoms with Gasteiger partial charge in [0.1, 0.15) is 5.82 Å². The van der Waals surface area contributed by atoms with Crippen LogP contribution in [0.25, 0.3) is 10.9 Å². The highest BCUT2D eigenvalue weighted by Crippen LogP contribution is 2.34. The van der Waals surface area contributed by atoms with Gasteiger partial charge in [0, 0.05) is 25.5 Å². The van der Waals surface area contributed by atoms with Crippen molar-refractivity contribution in [1.82, 2.24) is 4.98 Å². The van der Waals surface area contributed by atoms with Crippen molar-refractivity contribution in [2.75, 3.05) is 33.2 Å². The third-order valence-electron chi connectivity index (χ3n) is 2.99. The van der Waals surface area contributed by atoms with Gasteiger partial charge in [-0.3, -0.25) is 0 Å². The maximum Gasteiger partial charge on any atom is 0.336 e. The van der Waals surface area contributed by atoms with Gasteiger partial charge in [-0.25, -0.2) is 9.78 Å². The summed E-state index contributed by atoms with van der Waals surface area (Å²) in [4.78, 5) is 17.6. The van der Waals surface area contributed by atoms with E-state index in [1.54, 1.807) is 31.1 Å². The summed E-state index contributed by atoms with van der Waals surface area (Å²) in [5.41, 5.74) is 0.728. The number of methoxy groups -OCH3 is 2. The molecule has 0 amide bonds. The highest BCUT2D eigenvalue weighted by Gasteiger charge is 2.16. The predicted octanol–water partition coefficient (Wildman–Crippen LogP) is 2.02. The van der Waals surface area contributed by atoms with E-state index in [2.05, 4.69) is 4.98 Å². The summed E-state index contributed by atoms with van der Waals surface area (Å²) in [6, 6.07) is 4.84. The Bertz CT molecular complexity index is 668. The summed E-state index contributed by atoms with van der Waals surface area (Å²) >= 11 is 0. The number of carboxylic acids is 1. The zero-order valence-corrected chi connectivity index (χ0v) is 11.8. The number of aromatic nitrogens is 1. The Kier molecular flexibility index (Phi) is 3.65. The molecule has 1 aromatic carbocycles. The van der Waals surface area contributed by atoms with Crippen LogP contribution in [-0.2, 0) is 0 Å². The van der Waals surface area contributed by atoms with Crippen molar-refractivity contribution in [3.8, 4) is 11.5 Å². The molecule has 0 spiro atoms. The molecule has 0 bridgehead atoms. The molecule has 6 heteroatoms. The predicted molar refractivity (Wildman–Crippen MR) is 76.1 cm³/mol. The van der Waals surface area contributed by atoms with Crippen molar-refractivity contribution in [1.29, 1.82) is 0 Å². The lowest BCUT2D eigenvalue weighted by atomic mass is 10.1. The number of nitrogens with zero attached hydrogens (tertiary/aromatic N) is 2. The molecular formula is C14H16N2O4. The molecule has 6 nitrogen and oxygen atoms in total. The first-order valence-corrected chi connectivity index (χ1v) is 5.95. The van der Waals surface area contributed by atoms with E-state index >= 15 is 0 Å². The minimum absolute atomic E-state index is 0.180. The molecule has 0 fully saturated rings. The molecule has 1 aromatic heterocycles. The number of benzene rings is 1. The molecule has 1 N–H and O–H groups in total. The van der Waals surface area contributed by atoms with Crippen LogP contribution in [-0.4, -0.2) is 44.4 Å². The minimum Gasteiger partial charge on any atom is -0.493 e. The lowest BCUT2D eigenvalue weighted by Crippen LogP contribution is -2.12. The molecular weight excluding hydrogens is 260 g/mol. The summed E-state index contributed by atoms with van der Waals surface area (Å²) < 4.78 is 10.4. The number of fused-ring (bicyclic) bond motifs is 1. The summed E-state index contributed by atoms with van der Waals surface area (Å²) in [5, 5.41) is 9.88. The van der Waals surface area contributed by atoms with Gasteiger partial charge in [-0.2, -0.15) is 0 Å². The summed E-state index contributed by atoms with van der Waals surface area (Å²) in [5.74, 6) is 0.552. The molecule has 1 heterocycles. The first-order chi connectivity index (χ1) is 9.47. The number of carboxylic acid groups (broad SMARTS) is 1. The number of anilines is 1. The van der Waals surface area contributed by atoms with Gasteiger partial charge >= 0.3 is 5.97 Å². The number of aromatic carboxylic acids is 1. The molecule has 20 heavy (non-hydrogen) atoms. The van der Waals surface area contributed by atoms with Gasteiger partial charge in [-0.15, -0.1) is 0 Å². The van der Waals surface area contributed by atoms with E-state index in [1.165, 1.54) is 20.3 Å². The molecule has 2 aromatic rings. The van der Waals surface area contributed by atoms with E-state index < -0.39 is 5.97 Å². The van der Waals surface area contributed by atoms with E-state index in [9.17, 15) is 9.90 Å². The first kappa shape index (κ1) is 13.9. The Morgan fingerprint density at radius 2 is 1.75 bits per heavy atom. The zero-order chi connectivity index (χ0) is 14.9. The smallest absolute Gasteiger partial charge is 0.336 e. The maximum absolute atomic E-state index is 11.4. The molecule has 0 aliphatic carbocycles. The van der Waals surface area contributed by atoms with Crippen molar-refractivity contribution in [2.45, 2.75) is 0 Å². The zero-order valence-electron chi connectivity index (χ0n) is 11.8. The Balaban J connectivity index is 2.82. The van der Waals surface area contributed by atoms with E-state index in [1.807, 2.05) is 0 Å². The van der Waals surface area contributed by atoms with Gasteiger partial charge in [0.25, 0.3) is 0 Å². The second-order valence-corrected chi connectivity index (χ2v) is 4.45. The second kappa shape index (κ2) is 5.24. The van der Waals surface area contributed by atoms with Gasteiger partial charge in [-0.05, 0) is 12.1 Å². The number of ether oxygens (including phenoxy) is 2. The van der Waals surface area contributed by atoms with Crippen LogP contribution in [0.15, 0.2) is 18.2 Å². The molecule has 0 saturated carbocycles. The van der Waals surface area contributed by atoms with Crippen molar-refractivity contribution < 1.29 is 19.4 Å². The molecule has 2 rings (SSSR count). The Morgan fingerprint density at radius 1 is 1.15 bits per heavy atom. The number of hydrogen-bond donors (Lipinski definition) is 1. The fraction of sp³-hybridized carbons (Fsp3) is 0.286. The standard InChI is InChI=1S/C14H16N2O4/c1-16(2)13-6-9(14(17)18)8-5-11(19-3)12(20-4)7-10(8)15-13/h5-7H,1-4H3,(H,17,18). The number of hydrogen-bond acceptors (Lipinski definition) is 5. The largest absolute Gasteiger partial charge is 0.493 e. The number of carbonyl (C=O) groups is 1. The summed E-state index contributed by atoms with van der Waals surface area (Å²) in [6.45, 7) is 0. The second-order valence-electron chi connectivity index (χ2n) is 4.45. The van der Waals surface area contributed by atoms with Crippen molar-refractivity contribution in [3.05, 3.63) is 23.8 Å². The lowest BCUT2D eigenvalue weighted by Gasteiger charge is -2.15. The first-order valence-electron chi connectivity index (χ1n) is 5.95. The fourth-order valence-corrected chi connectivity index (χ4v) is 1.95. The van der Waals surface area contributed by atoms with Crippen LogP contribution in [0, 0.1) is 0 Å². The van der Waals surface area contributed by atoms with Crippen molar-refractivity contribution >= 4 is 22.7 Å². The van der Waals surface area contributed by atoms with E-state index in [0.29, 0.717) is 28.2 Å². The van der Waals surface area contributed by atoms with Gasteiger partial charge in [0.2, 0.25) is 0 Å². The van der Waals surface area contributed by atoms with E-state index in [4.69, 9.17) is 9.47 Å². The average Bonchev–Trinajstić information content (AvgIpc) is 2.43. The SMILES string of the molecule is COc1cc2nc(N(C)C)cc(C(=O)O)c2cc1OC. The normalized spacial score (nSPS) is 10.4. The van der Waals surface area contributed by atoms with Crippen LogP contribution in [0.1, 0.15) is 10.4 Å². The Hall–Kier alpha value is -2.50. The number of rotatable bonds is 4. The minimum atomic E-state index is -1.01. The monoisotopic (exact) mass is 276 g/mol. The molecule has 0 unspecified atom stereocenters. The highest BCUT2D eigenvalue weighted by atomic mass is 16.5. The third kappa shape index (κ3) is 2.32. The molecule has 106 valence electrons. The van der Waals surface area contributed by atoms with E-state index in [-0.39, 0.29) is 5.56 Å². The fourth-order valence-electron chi connectivity index (χ4n) is 1.95. The molecule has 0 aliphatic rings. The molecule has 0 radical (unpaired) electrons.